The van der Waals surface area contributed by atoms with Crippen LogP contribution in [0.15, 0.2) is 47.1 Å². The van der Waals surface area contributed by atoms with Gasteiger partial charge >= 0.3 is 0 Å². The molecule has 182 valence electrons. The highest BCUT2D eigenvalue weighted by molar-refractivity contribution is 6.04. The smallest absolute Gasteiger partial charge is 0.291 e. The number of amides is 1. The number of carbonyl (C=O) groups excluding carboxylic acids is 1. The number of benzene rings is 1. The predicted octanol–water partition coefficient (Wildman–Crippen LogP) is 4.72. The van der Waals surface area contributed by atoms with Gasteiger partial charge in [-0.15, -0.1) is 0 Å². The molecule has 0 saturated carbocycles. The molecule has 2 aromatic heterocycles. The van der Waals surface area contributed by atoms with Gasteiger partial charge < -0.3 is 24.3 Å². The molecule has 1 aromatic carbocycles. The normalized spacial score (nSPS) is 16.7. The summed E-state index contributed by atoms with van der Waals surface area (Å²) in [6, 6.07) is 9.39. The van der Waals surface area contributed by atoms with Crippen LogP contribution in [-0.2, 0) is 4.74 Å². The molecule has 0 atom stereocenters. The molecule has 0 aliphatic carbocycles. The summed E-state index contributed by atoms with van der Waals surface area (Å²) < 4.78 is 24.9. The van der Waals surface area contributed by atoms with Crippen LogP contribution in [0.2, 0.25) is 0 Å². The number of rotatable bonds is 5. The van der Waals surface area contributed by atoms with Gasteiger partial charge in [-0.3, -0.25) is 9.89 Å². The van der Waals surface area contributed by atoms with Gasteiger partial charge in [0.1, 0.15) is 11.9 Å². The average Bonchev–Trinajstić information content (AvgIpc) is 3.59. The molecular formula is C25H32FN5O3. The van der Waals surface area contributed by atoms with Crippen LogP contribution in [0.1, 0.15) is 37.2 Å². The van der Waals surface area contributed by atoms with E-state index in [1.165, 1.54) is 0 Å². The first-order valence-corrected chi connectivity index (χ1v) is 11.9. The third-order valence-corrected chi connectivity index (χ3v) is 5.98. The van der Waals surface area contributed by atoms with Crippen molar-refractivity contribution in [2.45, 2.75) is 32.9 Å². The van der Waals surface area contributed by atoms with E-state index in [1.54, 1.807) is 24.5 Å². The van der Waals surface area contributed by atoms with Crippen molar-refractivity contribution in [3.05, 3.63) is 48.5 Å². The number of morpholine rings is 1. The Hall–Kier alpha value is -3.33. The lowest BCUT2D eigenvalue weighted by atomic mass is 10.1. The summed E-state index contributed by atoms with van der Waals surface area (Å²) >= 11 is 0. The Morgan fingerprint density at radius 2 is 1.85 bits per heavy atom. The van der Waals surface area contributed by atoms with Crippen LogP contribution in [0.5, 0.6) is 0 Å². The molecule has 2 fully saturated rings. The number of hydrogen-bond acceptors (Lipinski definition) is 6. The van der Waals surface area contributed by atoms with Gasteiger partial charge in [-0.25, -0.2) is 4.39 Å². The molecule has 1 amide bonds. The Morgan fingerprint density at radius 1 is 1.09 bits per heavy atom. The minimum absolute atomic E-state index is 0.215. The summed E-state index contributed by atoms with van der Waals surface area (Å²) in [7, 11) is 0. The molecule has 0 unspecified atom stereocenters. The molecule has 0 spiro atoms. The van der Waals surface area contributed by atoms with Crippen molar-refractivity contribution in [3.8, 4) is 11.3 Å². The first-order chi connectivity index (χ1) is 16.7. The van der Waals surface area contributed by atoms with E-state index in [-0.39, 0.29) is 11.7 Å². The molecule has 0 radical (unpaired) electrons. The van der Waals surface area contributed by atoms with Crippen LogP contribution < -0.4 is 15.1 Å². The number of halogens is 1. The van der Waals surface area contributed by atoms with Gasteiger partial charge in [0.2, 0.25) is 0 Å². The number of hydrogen-bond donors (Lipinski definition) is 2. The molecular weight excluding hydrogens is 437 g/mol. The van der Waals surface area contributed by atoms with E-state index in [1.807, 2.05) is 26.0 Å². The Bertz CT molecular complexity index is 1050. The number of nitrogens with one attached hydrogen (secondary N) is 2. The molecule has 2 aliphatic heterocycles. The third kappa shape index (κ3) is 5.41. The molecule has 34 heavy (non-hydrogen) atoms. The van der Waals surface area contributed by atoms with E-state index >= 15 is 0 Å². The topological polar surface area (TPSA) is 86.6 Å². The Morgan fingerprint density at radius 3 is 2.56 bits per heavy atom. The van der Waals surface area contributed by atoms with Crippen molar-refractivity contribution in [1.82, 2.24) is 10.2 Å². The number of aromatic amines is 1. The first kappa shape index (κ1) is 23.8. The lowest BCUT2D eigenvalue weighted by Gasteiger charge is -2.34. The van der Waals surface area contributed by atoms with E-state index < -0.39 is 6.17 Å². The number of alkyl halides is 1. The molecule has 8 nitrogen and oxygen atoms in total. The Labute approximate surface area is 199 Å². The maximum Gasteiger partial charge on any atom is 0.291 e. The van der Waals surface area contributed by atoms with Crippen molar-refractivity contribution >= 4 is 23.0 Å². The largest absolute Gasteiger partial charge is 0.451 e. The number of piperidine rings is 1. The summed E-state index contributed by atoms with van der Waals surface area (Å²) in [6.45, 7) is 8.25. The number of furan rings is 1. The van der Waals surface area contributed by atoms with Gasteiger partial charge in [0, 0.05) is 38.1 Å². The summed E-state index contributed by atoms with van der Waals surface area (Å²) in [5, 5.41) is 9.63. The number of nitrogens with zero attached hydrogens (tertiary/aromatic N) is 3. The van der Waals surface area contributed by atoms with Crippen LogP contribution in [0, 0.1) is 0 Å². The SMILES string of the molecule is CC.O=C(Nc1ccc(N2CCOCC2)cc1N1CCC(F)CC1)c1ccc(-c2cn[nH]c2)o1. The predicted molar refractivity (Wildman–Crippen MR) is 131 cm³/mol. The molecule has 2 N–H and O–H groups in total. The van der Waals surface area contributed by atoms with Gasteiger partial charge in [-0.2, -0.15) is 5.10 Å². The highest BCUT2D eigenvalue weighted by Crippen LogP contribution is 2.34. The van der Waals surface area contributed by atoms with Crippen molar-refractivity contribution in [3.63, 3.8) is 0 Å². The second-order valence-corrected chi connectivity index (χ2v) is 8.07. The van der Waals surface area contributed by atoms with Crippen molar-refractivity contribution < 1.29 is 18.3 Å². The molecule has 2 saturated heterocycles. The number of aromatic nitrogens is 2. The van der Waals surface area contributed by atoms with E-state index in [2.05, 4.69) is 31.4 Å². The number of anilines is 3. The van der Waals surface area contributed by atoms with E-state index in [0.717, 1.165) is 30.0 Å². The average molecular weight is 470 g/mol. The highest BCUT2D eigenvalue weighted by atomic mass is 19.1. The minimum atomic E-state index is -0.767. The van der Waals surface area contributed by atoms with Crippen molar-refractivity contribution in [1.29, 1.82) is 0 Å². The van der Waals surface area contributed by atoms with Crippen LogP contribution in [0.3, 0.4) is 0 Å². The second-order valence-electron chi connectivity index (χ2n) is 8.07. The van der Waals surface area contributed by atoms with Crippen LogP contribution in [0.25, 0.3) is 11.3 Å². The van der Waals surface area contributed by atoms with E-state index in [0.29, 0.717) is 50.6 Å². The summed E-state index contributed by atoms with van der Waals surface area (Å²) in [6.07, 6.45) is 3.55. The highest BCUT2D eigenvalue weighted by Gasteiger charge is 2.23. The third-order valence-electron chi connectivity index (χ3n) is 5.98. The molecule has 3 aromatic rings. The van der Waals surface area contributed by atoms with Crippen molar-refractivity contribution in [2.24, 2.45) is 0 Å². The lowest BCUT2D eigenvalue weighted by molar-refractivity contribution is 0.0997. The standard InChI is InChI=1S/C23H26FN5O3.C2H6/c24-17-5-7-29(8-6-17)20-13-18(28-9-11-31-12-10-28)1-2-19(20)27-23(30)22-4-3-21(32-22)16-14-25-26-15-16;1-2/h1-4,13-15,17H,5-12H2,(H,25,26)(H,27,30);1-2H3. The summed E-state index contributed by atoms with van der Waals surface area (Å²) in [4.78, 5) is 17.4. The van der Waals surface area contributed by atoms with E-state index in [9.17, 15) is 9.18 Å². The fraction of sp³-hybridized carbons (Fsp3) is 0.440. The van der Waals surface area contributed by atoms with Gasteiger partial charge in [0.25, 0.3) is 5.91 Å². The number of H-pyrrole nitrogens is 1. The zero-order valence-electron chi connectivity index (χ0n) is 19.7. The monoisotopic (exact) mass is 469 g/mol. The fourth-order valence-corrected chi connectivity index (χ4v) is 4.18. The zero-order valence-corrected chi connectivity index (χ0v) is 19.7. The molecule has 4 heterocycles. The van der Waals surface area contributed by atoms with E-state index in [4.69, 9.17) is 9.15 Å². The Balaban J connectivity index is 0.00000133. The molecule has 9 heteroatoms. The van der Waals surface area contributed by atoms with Gasteiger partial charge in [-0.05, 0) is 43.2 Å². The maximum absolute atomic E-state index is 13.8. The second kappa shape index (κ2) is 11.2. The van der Waals surface area contributed by atoms with Crippen LogP contribution >= 0.6 is 0 Å². The summed E-state index contributed by atoms with van der Waals surface area (Å²) in [5.41, 5.74) is 3.43. The zero-order chi connectivity index (χ0) is 23.9. The maximum atomic E-state index is 13.8. The van der Waals surface area contributed by atoms with Crippen LogP contribution in [-0.4, -0.2) is 61.7 Å². The minimum Gasteiger partial charge on any atom is -0.451 e. The first-order valence-electron chi connectivity index (χ1n) is 11.9. The quantitative estimate of drug-likeness (QED) is 0.562. The summed E-state index contributed by atoms with van der Waals surface area (Å²) in [5.74, 6) is 0.448. The number of carbonyl (C=O) groups is 1. The number of ether oxygens (including phenoxy) is 1. The lowest BCUT2D eigenvalue weighted by Crippen LogP contribution is -2.37. The Kier molecular flexibility index (Phi) is 7.84. The molecule has 0 bridgehead atoms. The fourth-order valence-electron chi connectivity index (χ4n) is 4.18. The van der Waals surface area contributed by atoms with Gasteiger partial charge in [0.05, 0.1) is 36.3 Å². The van der Waals surface area contributed by atoms with Gasteiger partial charge in [-0.1, -0.05) is 13.8 Å². The van der Waals surface area contributed by atoms with Gasteiger partial charge in [0.15, 0.2) is 5.76 Å². The van der Waals surface area contributed by atoms with Crippen LogP contribution in [0.4, 0.5) is 21.5 Å². The molecule has 5 rings (SSSR count). The molecule has 2 aliphatic rings. The van der Waals surface area contributed by atoms with Crippen molar-refractivity contribution in [2.75, 3.05) is 54.5 Å².